The van der Waals surface area contributed by atoms with Gasteiger partial charge in [0.05, 0.1) is 11.5 Å². The fourth-order valence-electron chi connectivity index (χ4n) is 1.63. The van der Waals surface area contributed by atoms with Crippen molar-refractivity contribution >= 4 is 23.6 Å². The molecule has 0 atom stereocenters. The van der Waals surface area contributed by atoms with E-state index >= 15 is 0 Å². The second-order valence-corrected chi connectivity index (χ2v) is 5.41. The molecule has 0 aliphatic heterocycles. The maximum Gasteiger partial charge on any atom is 0.195 e. The van der Waals surface area contributed by atoms with Gasteiger partial charge in [-0.05, 0) is 18.6 Å². The van der Waals surface area contributed by atoms with Gasteiger partial charge in [0, 0.05) is 19.9 Å². The summed E-state index contributed by atoms with van der Waals surface area (Å²) in [4.78, 5) is 5.32. The van der Waals surface area contributed by atoms with Gasteiger partial charge in [-0.2, -0.15) is 5.10 Å². The molecule has 0 unspecified atom stereocenters. The zero-order valence-electron chi connectivity index (χ0n) is 10.5. The second-order valence-electron chi connectivity index (χ2n) is 3.91. The average Bonchev–Trinajstić information content (AvgIpc) is 2.94. The van der Waals surface area contributed by atoms with E-state index in [1.165, 1.54) is 0 Å². The molecule has 0 saturated carbocycles. The Morgan fingerprint density at radius 3 is 3.11 bits per heavy atom. The van der Waals surface area contributed by atoms with E-state index in [1.807, 2.05) is 10.8 Å². The van der Waals surface area contributed by atoms with Gasteiger partial charge < -0.3 is 4.74 Å². The molecule has 98 valence electrons. The highest BCUT2D eigenvalue weighted by atomic mass is 32.1. The summed E-state index contributed by atoms with van der Waals surface area (Å²) in [6, 6.07) is 0. The van der Waals surface area contributed by atoms with E-state index in [1.54, 1.807) is 18.4 Å². The largest absolute Gasteiger partial charge is 0.378 e. The highest BCUT2D eigenvalue weighted by molar-refractivity contribution is 7.71. The topological polar surface area (TPSA) is 55.7 Å². The van der Waals surface area contributed by atoms with Crippen LogP contribution in [0.3, 0.4) is 0 Å². The van der Waals surface area contributed by atoms with E-state index in [0.29, 0.717) is 11.4 Å². The molecule has 0 spiro atoms. The lowest BCUT2D eigenvalue weighted by Crippen LogP contribution is -1.99. The molecule has 0 aliphatic carbocycles. The van der Waals surface area contributed by atoms with E-state index < -0.39 is 0 Å². The van der Waals surface area contributed by atoms with Gasteiger partial charge in [0.25, 0.3) is 0 Å². The van der Waals surface area contributed by atoms with Crippen LogP contribution in [-0.2, 0) is 17.9 Å². The number of H-pyrrole nitrogens is 1. The number of hydrogen-bond acceptors (Lipinski definition) is 5. The first-order valence-electron chi connectivity index (χ1n) is 5.85. The molecule has 0 radical (unpaired) electrons. The summed E-state index contributed by atoms with van der Waals surface area (Å²) in [7, 11) is 1.67. The first kappa shape index (κ1) is 13.4. The third-order valence-electron chi connectivity index (χ3n) is 2.54. The van der Waals surface area contributed by atoms with Gasteiger partial charge in [-0.25, -0.2) is 4.98 Å². The standard InChI is InChI=1S/C11H16N4OS2/c1-3-4-5-15-10(13-14-11(15)17)8-6-12-9(18-8)7-16-2/h6H,3-5,7H2,1-2H3,(H,14,17). The third-order valence-corrected chi connectivity index (χ3v) is 3.81. The van der Waals surface area contributed by atoms with Crippen LogP contribution >= 0.6 is 23.6 Å². The predicted molar refractivity (Wildman–Crippen MR) is 74.1 cm³/mol. The van der Waals surface area contributed by atoms with Crippen LogP contribution in [0.5, 0.6) is 0 Å². The van der Waals surface area contributed by atoms with Gasteiger partial charge >= 0.3 is 0 Å². The normalized spacial score (nSPS) is 11.0. The monoisotopic (exact) mass is 284 g/mol. The summed E-state index contributed by atoms with van der Waals surface area (Å²) in [6.07, 6.45) is 4.04. The number of unbranched alkanes of at least 4 members (excludes halogenated alkanes) is 1. The molecular formula is C11H16N4OS2. The Morgan fingerprint density at radius 1 is 1.56 bits per heavy atom. The average molecular weight is 284 g/mol. The zero-order valence-corrected chi connectivity index (χ0v) is 12.1. The van der Waals surface area contributed by atoms with Gasteiger partial charge in [-0.15, -0.1) is 11.3 Å². The molecule has 0 saturated heterocycles. The minimum atomic E-state index is 0.533. The molecule has 0 aromatic carbocycles. The lowest BCUT2D eigenvalue weighted by Gasteiger charge is -2.03. The first-order chi connectivity index (χ1) is 8.76. The maximum absolute atomic E-state index is 5.25. The van der Waals surface area contributed by atoms with E-state index in [2.05, 4.69) is 22.1 Å². The zero-order chi connectivity index (χ0) is 13.0. The Hall–Kier alpha value is -1.05. The SMILES string of the molecule is CCCCn1c(-c2cnc(COC)s2)n[nH]c1=S. The molecule has 2 aromatic heterocycles. The third kappa shape index (κ3) is 2.85. The maximum atomic E-state index is 5.25. The Bertz CT molecular complexity index is 557. The summed E-state index contributed by atoms with van der Waals surface area (Å²) in [5.41, 5.74) is 0. The highest BCUT2D eigenvalue weighted by Crippen LogP contribution is 2.25. The number of rotatable bonds is 6. The summed E-state index contributed by atoms with van der Waals surface area (Å²) in [6.45, 7) is 3.58. The van der Waals surface area contributed by atoms with Crippen LogP contribution in [0.2, 0.25) is 0 Å². The molecule has 2 aromatic rings. The molecular weight excluding hydrogens is 268 g/mol. The van der Waals surface area contributed by atoms with E-state index in [0.717, 1.165) is 35.1 Å². The minimum Gasteiger partial charge on any atom is -0.378 e. The lowest BCUT2D eigenvalue weighted by atomic mass is 10.3. The Labute approximate surface area is 115 Å². The van der Waals surface area contributed by atoms with E-state index in [9.17, 15) is 0 Å². The molecule has 5 nitrogen and oxygen atoms in total. The van der Waals surface area contributed by atoms with Crippen molar-refractivity contribution < 1.29 is 4.74 Å². The molecule has 18 heavy (non-hydrogen) atoms. The first-order valence-corrected chi connectivity index (χ1v) is 7.08. The smallest absolute Gasteiger partial charge is 0.195 e. The van der Waals surface area contributed by atoms with Crippen molar-refractivity contribution in [3.8, 4) is 10.7 Å². The van der Waals surface area contributed by atoms with Crippen LogP contribution in [-0.4, -0.2) is 26.9 Å². The van der Waals surface area contributed by atoms with Crippen molar-refractivity contribution in [2.24, 2.45) is 0 Å². The molecule has 1 N–H and O–H groups in total. The van der Waals surface area contributed by atoms with Crippen molar-refractivity contribution in [3.05, 3.63) is 16.0 Å². The van der Waals surface area contributed by atoms with Crippen LogP contribution < -0.4 is 0 Å². The Kier molecular flexibility index (Phi) is 4.62. The fraction of sp³-hybridized carbons (Fsp3) is 0.545. The van der Waals surface area contributed by atoms with Crippen molar-refractivity contribution in [2.75, 3.05) is 7.11 Å². The summed E-state index contributed by atoms with van der Waals surface area (Å²) in [5, 5.41) is 8.08. The van der Waals surface area contributed by atoms with Crippen molar-refractivity contribution in [2.45, 2.75) is 32.9 Å². The molecule has 0 bridgehead atoms. The second kappa shape index (κ2) is 6.21. The number of nitrogens with zero attached hydrogens (tertiary/aromatic N) is 3. The van der Waals surface area contributed by atoms with Crippen LogP contribution in [0.1, 0.15) is 24.8 Å². The number of methoxy groups -OCH3 is 1. The number of aromatic nitrogens is 4. The highest BCUT2D eigenvalue weighted by Gasteiger charge is 2.12. The molecule has 0 aliphatic rings. The molecule has 0 fully saturated rings. The Morgan fingerprint density at radius 2 is 2.39 bits per heavy atom. The summed E-state index contributed by atoms with van der Waals surface area (Å²) in [5.74, 6) is 0.869. The van der Waals surface area contributed by atoms with Crippen LogP contribution in [0.25, 0.3) is 10.7 Å². The summed E-state index contributed by atoms with van der Waals surface area (Å²) < 4.78 is 7.77. The van der Waals surface area contributed by atoms with Gasteiger partial charge in [0.15, 0.2) is 10.6 Å². The predicted octanol–water partition coefficient (Wildman–Crippen LogP) is 3.01. The summed E-state index contributed by atoms with van der Waals surface area (Å²) >= 11 is 6.83. The molecule has 0 amide bonds. The lowest BCUT2D eigenvalue weighted by molar-refractivity contribution is 0.184. The fourth-order valence-corrected chi connectivity index (χ4v) is 2.75. The number of nitrogens with one attached hydrogen (secondary N) is 1. The van der Waals surface area contributed by atoms with Gasteiger partial charge in [0.1, 0.15) is 5.01 Å². The number of aromatic amines is 1. The van der Waals surface area contributed by atoms with Crippen molar-refractivity contribution in [1.82, 2.24) is 19.7 Å². The van der Waals surface area contributed by atoms with Gasteiger partial charge in [-0.1, -0.05) is 13.3 Å². The van der Waals surface area contributed by atoms with Crippen molar-refractivity contribution in [1.29, 1.82) is 0 Å². The van der Waals surface area contributed by atoms with Gasteiger partial charge in [0.2, 0.25) is 0 Å². The minimum absolute atomic E-state index is 0.533. The van der Waals surface area contributed by atoms with E-state index in [-0.39, 0.29) is 0 Å². The van der Waals surface area contributed by atoms with Crippen LogP contribution in [0, 0.1) is 4.77 Å². The van der Waals surface area contributed by atoms with Gasteiger partial charge in [-0.3, -0.25) is 9.67 Å². The molecule has 7 heteroatoms. The van der Waals surface area contributed by atoms with Crippen molar-refractivity contribution in [3.63, 3.8) is 0 Å². The Balaban J connectivity index is 2.28. The number of hydrogen-bond donors (Lipinski definition) is 1. The number of thiazole rings is 1. The van der Waals surface area contributed by atoms with E-state index in [4.69, 9.17) is 17.0 Å². The molecule has 2 rings (SSSR count). The molecule has 2 heterocycles. The van der Waals surface area contributed by atoms with Crippen LogP contribution in [0.15, 0.2) is 6.20 Å². The quantitative estimate of drug-likeness (QED) is 0.828. The number of ether oxygens (including phenoxy) is 1. The van der Waals surface area contributed by atoms with Crippen LogP contribution in [0.4, 0.5) is 0 Å².